The Bertz CT molecular complexity index is 994. The van der Waals surface area contributed by atoms with E-state index in [2.05, 4.69) is 45.6 Å². The Morgan fingerprint density at radius 2 is 1.94 bits per heavy atom. The summed E-state index contributed by atoms with van der Waals surface area (Å²) >= 11 is 4.85. The number of carboxylic acids is 1. The number of halogens is 1. The molecule has 1 atom stereocenters. The van der Waals surface area contributed by atoms with Gasteiger partial charge in [0, 0.05) is 10.2 Å². The molecule has 2 aromatic rings. The van der Waals surface area contributed by atoms with Gasteiger partial charge in [-0.05, 0) is 54.8 Å². The highest BCUT2D eigenvalue weighted by Gasteiger charge is 2.27. The van der Waals surface area contributed by atoms with Crippen molar-refractivity contribution in [2.75, 3.05) is 18.5 Å². The van der Waals surface area contributed by atoms with Gasteiger partial charge in [-0.3, -0.25) is 4.79 Å². The number of carbonyl (C=O) groups is 2. The molecule has 9 heteroatoms. The number of thioether (sulfide) groups is 1. The number of carboxylic acid groups (broad SMARTS) is 1. The highest BCUT2D eigenvalue weighted by atomic mass is 79.9. The number of hydrogen-bond donors (Lipinski definition) is 3. The van der Waals surface area contributed by atoms with Crippen molar-refractivity contribution < 1.29 is 24.2 Å². The van der Waals surface area contributed by atoms with Crippen LogP contribution < -0.4 is 20.1 Å². The molecule has 0 spiro atoms. The number of hydrogen-bond acceptors (Lipinski definition) is 6. The summed E-state index contributed by atoms with van der Waals surface area (Å²) < 4.78 is 11.6. The summed E-state index contributed by atoms with van der Waals surface area (Å²) in [6.45, 7) is 3.84. The fourth-order valence-electron chi connectivity index (χ4n) is 2.88. The standard InChI is InChI=1S/C22H23BrN2O5S/c1-3-13-5-7-15(8-6-13)24-22-25-21(28)19(31-22)10-14-9-17(29-4-2)18(11-16(14)23)30-12-20(26)27/h5-11,22,24H,3-4,12H2,1-2H3,(H,25,28)(H,26,27)/b19-10-/t22-/m0/s1. The van der Waals surface area contributed by atoms with Crippen LogP contribution in [0.5, 0.6) is 11.5 Å². The molecule has 0 aliphatic carbocycles. The van der Waals surface area contributed by atoms with Crippen LogP contribution >= 0.6 is 27.7 Å². The van der Waals surface area contributed by atoms with Gasteiger partial charge in [-0.2, -0.15) is 0 Å². The van der Waals surface area contributed by atoms with Gasteiger partial charge in [0.1, 0.15) is 0 Å². The number of anilines is 1. The highest BCUT2D eigenvalue weighted by Crippen LogP contribution is 2.37. The first-order valence-corrected chi connectivity index (χ1v) is 11.4. The van der Waals surface area contributed by atoms with Crippen molar-refractivity contribution in [2.45, 2.75) is 25.8 Å². The maximum absolute atomic E-state index is 12.5. The van der Waals surface area contributed by atoms with E-state index < -0.39 is 12.6 Å². The second-order valence-corrected chi connectivity index (χ2v) is 8.61. The molecule has 164 valence electrons. The van der Waals surface area contributed by atoms with Crippen LogP contribution in [0.3, 0.4) is 0 Å². The van der Waals surface area contributed by atoms with Gasteiger partial charge in [0.2, 0.25) is 0 Å². The average molecular weight is 507 g/mol. The quantitative estimate of drug-likeness (QED) is 0.431. The fraction of sp³-hybridized carbons (Fsp3) is 0.273. The first kappa shape index (κ1) is 23.0. The number of ether oxygens (including phenoxy) is 2. The van der Waals surface area contributed by atoms with Gasteiger partial charge >= 0.3 is 5.97 Å². The molecule has 1 saturated heterocycles. The number of aryl methyl sites for hydroxylation is 1. The number of benzene rings is 2. The third-order valence-corrected chi connectivity index (χ3v) is 6.11. The second-order valence-electron chi connectivity index (χ2n) is 6.61. The molecule has 0 saturated carbocycles. The molecule has 7 nitrogen and oxygen atoms in total. The summed E-state index contributed by atoms with van der Waals surface area (Å²) in [5, 5.41) is 15.1. The summed E-state index contributed by atoms with van der Waals surface area (Å²) in [6.07, 6.45) is 2.73. The summed E-state index contributed by atoms with van der Waals surface area (Å²) in [5.41, 5.74) is 2.61. The van der Waals surface area contributed by atoms with Crippen molar-refractivity contribution in [3.8, 4) is 11.5 Å². The minimum absolute atomic E-state index is 0.177. The fourth-order valence-corrected chi connectivity index (χ4v) is 4.29. The van der Waals surface area contributed by atoms with Crippen LogP contribution in [0.4, 0.5) is 5.69 Å². The lowest BCUT2D eigenvalue weighted by Gasteiger charge is -2.13. The molecule has 1 aliphatic heterocycles. The number of aliphatic carboxylic acids is 1. The van der Waals surface area contributed by atoms with Gasteiger partial charge in [-0.1, -0.05) is 46.7 Å². The average Bonchev–Trinajstić information content (AvgIpc) is 3.08. The van der Waals surface area contributed by atoms with Crippen molar-refractivity contribution >= 4 is 51.3 Å². The number of rotatable bonds is 9. The largest absolute Gasteiger partial charge is 0.490 e. The van der Waals surface area contributed by atoms with Gasteiger partial charge in [0.25, 0.3) is 5.91 Å². The Labute approximate surface area is 193 Å². The van der Waals surface area contributed by atoms with Crippen molar-refractivity contribution in [2.24, 2.45) is 0 Å². The zero-order valence-electron chi connectivity index (χ0n) is 17.1. The van der Waals surface area contributed by atoms with Gasteiger partial charge in [0.05, 0.1) is 11.5 Å². The molecule has 1 aliphatic rings. The maximum atomic E-state index is 12.5. The molecule has 0 bridgehead atoms. The number of nitrogens with one attached hydrogen (secondary N) is 2. The lowest BCUT2D eigenvalue weighted by atomic mass is 10.1. The summed E-state index contributed by atoms with van der Waals surface area (Å²) in [4.78, 5) is 23.8. The van der Waals surface area contributed by atoms with Crippen molar-refractivity contribution in [1.29, 1.82) is 0 Å². The Balaban J connectivity index is 1.77. The van der Waals surface area contributed by atoms with Crippen LogP contribution in [0, 0.1) is 0 Å². The van der Waals surface area contributed by atoms with Crippen LogP contribution in [0.1, 0.15) is 25.0 Å². The van der Waals surface area contributed by atoms with Crippen LogP contribution in [0.15, 0.2) is 45.8 Å². The van der Waals surface area contributed by atoms with E-state index in [4.69, 9.17) is 14.6 Å². The van der Waals surface area contributed by atoms with E-state index in [1.165, 1.54) is 17.3 Å². The van der Waals surface area contributed by atoms with E-state index >= 15 is 0 Å². The van der Waals surface area contributed by atoms with E-state index in [0.717, 1.165) is 17.7 Å². The SMILES string of the molecule is CCOc1cc(/C=C2\S[C@@H](Nc3ccc(CC)cc3)NC2=O)c(Br)cc1OCC(=O)O. The van der Waals surface area contributed by atoms with Crippen LogP contribution in [-0.4, -0.2) is 35.7 Å². The monoisotopic (exact) mass is 506 g/mol. The van der Waals surface area contributed by atoms with E-state index in [1.807, 2.05) is 19.1 Å². The Morgan fingerprint density at radius 3 is 2.58 bits per heavy atom. The Morgan fingerprint density at radius 1 is 1.23 bits per heavy atom. The molecule has 1 amide bonds. The van der Waals surface area contributed by atoms with Crippen LogP contribution in [0.25, 0.3) is 6.08 Å². The second kappa shape index (κ2) is 10.6. The number of carbonyl (C=O) groups excluding carboxylic acids is 1. The van der Waals surface area contributed by atoms with Gasteiger partial charge in [-0.25, -0.2) is 4.79 Å². The molecule has 3 N–H and O–H groups in total. The molecular weight excluding hydrogens is 484 g/mol. The van der Waals surface area contributed by atoms with E-state index in [1.54, 1.807) is 18.2 Å². The first-order valence-electron chi connectivity index (χ1n) is 9.75. The first-order chi connectivity index (χ1) is 14.9. The topological polar surface area (TPSA) is 96.9 Å². The highest BCUT2D eigenvalue weighted by molar-refractivity contribution is 9.10. The molecule has 0 unspecified atom stereocenters. The molecule has 1 fully saturated rings. The molecule has 31 heavy (non-hydrogen) atoms. The lowest BCUT2D eigenvalue weighted by Crippen LogP contribution is -2.30. The van der Waals surface area contributed by atoms with Crippen molar-refractivity contribution in [3.05, 3.63) is 56.9 Å². The van der Waals surface area contributed by atoms with E-state index in [0.29, 0.717) is 27.5 Å². The minimum atomic E-state index is -1.08. The van der Waals surface area contributed by atoms with E-state index in [-0.39, 0.29) is 11.4 Å². The van der Waals surface area contributed by atoms with Gasteiger partial charge in [0.15, 0.2) is 23.6 Å². The van der Waals surface area contributed by atoms with Crippen LogP contribution in [-0.2, 0) is 16.0 Å². The smallest absolute Gasteiger partial charge is 0.341 e. The summed E-state index contributed by atoms with van der Waals surface area (Å²) in [5.74, 6) is -0.528. The zero-order valence-corrected chi connectivity index (χ0v) is 19.5. The molecule has 2 aromatic carbocycles. The van der Waals surface area contributed by atoms with Crippen molar-refractivity contribution in [3.63, 3.8) is 0 Å². The molecular formula is C22H23BrN2O5S. The normalized spacial score (nSPS) is 16.8. The van der Waals surface area contributed by atoms with Gasteiger partial charge < -0.3 is 25.2 Å². The third-order valence-electron chi connectivity index (χ3n) is 4.39. The number of amides is 1. The summed E-state index contributed by atoms with van der Waals surface area (Å²) in [6, 6.07) is 11.5. The Hall–Kier alpha value is -2.65. The molecule has 0 radical (unpaired) electrons. The van der Waals surface area contributed by atoms with Crippen LogP contribution in [0.2, 0.25) is 0 Å². The lowest BCUT2D eigenvalue weighted by molar-refractivity contribution is -0.139. The van der Waals surface area contributed by atoms with Crippen molar-refractivity contribution in [1.82, 2.24) is 5.32 Å². The van der Waals surface area contributed by atoms with Gasteiger partial charge in [-0.15, -0.1) is 0 Å². The maximum Gasteiger partial charge on any atom is 0.341 e. The molecule has 3 rings (SSSR count). The Kier molecular flexibility index (Phi) is 7.86. The minimum Gasteiger partial charge on any atom is -0.490 e. The predicted molar refractivity (Wildman–Crippen MR) is 125 cm³/mol. The molecule has 1 heterocycles. The van der Waals surface area contributed by atoms with E-state index in [9.17, 15) is 9.59 Å². The molecule has 0 aromatic heterocycles. The zero-order chi connectivity index (χ0) is 22.4. The third kappa shape index (κ3) is 6.18. The predicted octanol–water partition coefficient (Wildman–Crippen LogP) is 4.47. The summed E-state index contributed by atoms with van der Waals surface area (Å²) in [7, 11) is 0.